The summed E-state index contributed by atoms with van der Waals surface area (Å²) in [5, 5.41) is 4.31. The monoisotopic (exact) mass is 367 g/mol. The molecule has 0 bridgehead atoms. The molecule has 0 spiro atoms. The number of benzene rings is 3. The van der Waals surface area contributed by atoms with Crippen molar-refractivity contribution in [3.63, 3.8) is 0 Å². The van der Waals surface area contributed by atoms with E-state index in [1.165, 1.54) is 15.9 Å². The Morgan fingerprint density at radius 3 is 0.950 bits per heavy atom. The van der Waals surface area contributed by atoms with Crippen LogP contribution < -0.4 is 15.9 Å². The summed E-state index contributed by atoms with van der Waals surface area (Å²) in [4.78, 5) is 0. The molecule has 3 aromatic rings. The van der Waals surface area contributed by atoms with E-state index in [9.17, 15) is 0 Å². The van der Waals surface area contributed by atoms with E-state index < -0.39 is 7.92 Å². The molecule has 0 aliphatic carbocycles. The Hall–Kier alpha value is -1.29. The van der Waals surface area contributed by atoms with Crippen molar-refractivity contribution in [1.29, 1.82) is 0 Å². The van der Waals surface area contributed by atoms with Gasteiger partial charge in [0.2, 0.25) is 0 Å². The first-order valence-corrected chi connectivity index (χ1v) is 7.98. The van der Waals surface area contributed by atoms with Gasteiger partial charge in [0.25, 0.3) is 0 Å². The molecule has 0 aromatic heterocycles. The second-order valence-corrected chi connectivity index (χ2v) is 6.96. The van der Waals surface area contributed by atoms with Gasteiger partial charge in [-0.15, -0.1) is 0 Å². The Morgan fingerprint density at radius 2 is 0.700 bits per heavy atom. The third kappa shape index (κ3) is 3.42. The van der Waals surface area contributed by atoms with Gasteiger partial charge < -0.3 is 0 Å². The van der Waals surface area contributed by atoms with Crippen LogP contribution in [-0.4, -0.2) is 0 Å². The summed E-state index contributed by atoms with van der Waals surface area (Å²) in [5.41, 5.74) is 0. The predicted octanol–water partition coefficient (Wildman–Crippen LogP) is 3.40. The van der Waals surface area contributed by atoms with Crippen molar-refractivity contribution in [2.75, 3.05) is 0 Å². The maximum absolute atomic E-state index is 2.24. The van der Waals surface area contributed by atoms with Gasteiger partial charge >= 0.3 is 2.85 Å². The standard InChI is InChI=1S/C18H15P.Ru/c1-4-10-16(11-5-1)19(17-12-6-2-7-13-17)18-14-8-3-9-15-18;/h1-15H;/p+3. The maximum atomic E-state index is 2.24. The minimum Gasteiger partial charge on any atom is -0.0620 e. The van der Waals surface area contributed by atoms with E-state index in [1.54, 1.807) is 0 Å². The summed E-state index contributed by atoms with van der Waals surface area (Å²) >= 11 is 0. The fourth-order valence-corrected chi connectivity index (χ4v) is 4.89. The van der Waals surface area contributed by atoms with Crippen LogP contribution in [0.4, 0.5) is 0 Å². The molecule has 0 fully saturated rings. The minimum absolute atomic E-state index is 0. The van der Waals surface area contributed by atoms with Crippen LogP contribution in [0.1, 0.15) is 2.85 Å². The molecule has 2 heteroatoms. The van der Waals surface area contributed by atoms with Crippen LogP contribution in [0.3, 0.4) is 0 Å². The largest absolute Gasteiger partial charge is 1.00 e. The van der Waals surface area contributed by atoms with E-state index in [4.69, 9.17) is 0 Å². The van der Waals surface area contributed by atoms with Gasteiger partial charge in [-0.05, 0) is 36.4 Å². The van der Waals surface area contributed by atoms with Crippen LogP contribution in [0, 0.1) is 0 Å². The molecule has 3 rings (SSSR count). The maximum Gasteiger partial charge on any atom is 1.00 e. The van der Waals surface area contributed by atoms with E-state index >= 15 is 0 Å². The van der Waals surface area contributed by atoms with Crippen molar-refractivity contribution in [3.8, 4) is 0 Å². The molecule has 0 unspecified atom stereocenters. The van der Waals surface area contributed by atoms with Crippen LogP contribution in [0.15, 0.2) is 91.0 Å². The molecule has 0 atom stereocenters. The molecular weight excluding hydrogens is 348 g/mol. The number of rotatable bonds is 3. The van der Waals surface area contributed by atoms with Gasteiger partial charge in [0.15, 0.2) is 0 Å². The molecule has 0 nitrogen and oxygen atoms in total. The van der Waals surface area contributed by atoms with Gasteiger partial charge in [-0.2, -0.15) is 0 Å². The summed E-state index contributed by atoms with van der Waals surface area (Å²) in [6, 6.07) is 32.5. The number of hydrogen-bond donors (Lipinski definition) is 0. The third-order valence-electron chi connectivity index (χ3n) is 3.19. The van der Waals surface area contributed by atoms with Crippen molar-refractivity contribution < 1.29 is 22.3 Å². The van der Waals surface area contributed by atoms with Crippen LogP contribution in [-0.2, 0) is 19.5 Å². The van der Waals surface area contributed by atoms with Crippen LogP contribution in [0.25, 0.3) is 0 Å². The first-order valence-electron chi connectivity index (χ1n) is 6.48. The average molecular weight is 366 g/mol. The number of hydrogen-bond acceptors (Lipinski definition) is 0. The van der Waals surface area contributed by atoms with Crippen molar-refractivity contribution in [1.82, 2.24) is 0 Å². The molecule has 0 saturated carbocycles. The average Bonchev–Trinajstić information content (AvgIpc) is 2.51. The first-order chi connectivity index (χ1) is 9.45. The van der Waals surface area contributed by atoms with E-state index in [0.717, 1.165) is 0 Å². The zero-order chi connectivity index (χ0) is 12.9. The quantitative estimate of drug-likeness (QED) is 0.492. The Labute approximate surface area is 137 Å². The minimum atomic E-state index is -0.877. The summed E-state index contributed by atoms with van der Waals surface area (Å²) in [6.45, 7) is 0. The third-order valence-corrected chi connectivity index (χ3v) is 5.92. The molecule has 0 heterocycles. The Bertz CT molecular complexity index is 539. The fourth-order valence-electron chi connectivity index (χ4n) is 2.31. The van der Waals surface area contributed by atoms with Gasteiger partial charge in [-0.25, -0.2) is 0 Å². The SMILES string of the molecule is [H+].[H+].[Ru].c1ccc([PH+](c2ccccc2)c2ccccc2)cc1. The molecule has 0 radical (unpaired) electrons. The summed E-state index contributed by atoms with van der Waals surface area (Å²) in [6.07, 6.45) is 0. The molecule has 0 N–H and O–H groups in total. The fraction of sp³-hybridized carbons (Fsp3) is 0. The predicted molar refractivity (Wildman–Crippen MR) is 88.8 cm³/mol. The van der Waals surface area contributed by atoms with Crippen LogP contribution >= 0.6 is 7.92 Å². The molecule has 20 heavy (non-hydrogen) atoms. The molecule has 0 aliphatic rings. The summed E-state index contributed by atoms with van der Waals surface area (Å²) < 4.78 is 0. The van der Waals surface area contributed by atoms with Gasteiger partial charge in [0.1, 0.15) is 15.9 Å². The molecule has 0 amide bonds. The molecule has 3 aromatic carbocycles. The Morgan fingerprint density at radius 1 is 0.450 bits per heavy atom. The van der Waals surface area contributed by atoms with E-state index in [-0.39, 0.29) is 22.3 Å². The first kappa shape index (κ1) is 15.1. The zero-order valence-electron chi connectivity index (χ0n) is 13.0. The van der Waals surface area contributed by atoms with Gasteiger partial charge in [-0.1, -0.05) is 54.6 Å². The van der Waals surface area contributed by atoms with Crippen LogP contribution in [0.5, 0.6) is 0 Å². The van der Waals surface area contributed by atoms with Crippen molar-refractivity contribution >= 4 is 23.8 Å². The molecule has 0 aliphatic heterocycles. The molecular formula is C18H18PRu+3. The Balaban J connectivity index is 0.00000147. The Kier molecular flexibility index (Phi) is 5.65. The van der Waals surface area contributed by atoms with Crippen molar-refractivity contribution in [3.05, 3.63) is 91.0 Å². The summed E-state index contributed by atoms with van der Waals surface area (Å²) in [5.74, 6) is 0. The smallest absolute Gasteiger partial charge is 0.0620 e. The van der Waals surface area contributed by atoms with Gasteiger partial charge in [-0.3, -0.25) is 0 Å². The second-order valence-electron chi connectivity index (χ2n) is 4.47. The van der Waals surface area contributed by atoms with E-state index in [0.29, 0.717) is 0 Å². The van der Waals surface area contributed by atoms with Crippen molar-refractivity contribution in [2.45, 2.75) is 0 Å². The molecule has 0 saturated heterocycles. The second kappa shape index (κ2) is 7.48. The van der Waals surface area contributed by atoms with Crippen molar-refractivity contribution in [2.24, 2.45) is 0 Å². The molecule has 100 valence electrons. The topological polar surface area (TPSA) is 0 Å². The van der Waals surface area contributed by atoms with E-state index in [2.05, 4.69) is 91.0 Å². The van der Waals surface area contributed by atoms with Gasteiger partial charge in [0.05, 0.1) is 7.92 Å². The van der Waals surface area contributed by atoms with E-state index in [1.807, 2.05) is 0 Å². The summed E-state index contributed by atoms with van der Waals surface area (Å²) in [7, 11) is -0.877. The zero-order valence-corrected chi connectivity index (χ0v) is 13.8. The normalized spacial score (nSPS) is 10.1. The van der Waals surface area contributed by atoms with Gasteiger partial charge in [0, 0.05) is 19.5 Å². The van der Waals surface area contributed by atoms with Crippen LogP contribution in [0.2, 0.25) is 0 Å².